The van der Waals surface area contributed by atoms with Gasteiger partial charge in [0.25, 0.3) is 0 Å². The third-order valence-corrected chi connectivity index (χ3v) is 4.02. The highest BCUT2D eigenvalue weighted by Gasteiger charge is 2.06. The number of benzene rings is 1. The maximum atomic E-state index is 9.83. The van der Waals surface area contributed by atoms with Gasteiger partial charge in [-0.15, -0.1) is 24.2 Å². The van der Waals surface area contributed by atoms with Gasteiger partial charge in [0.05, 0.1) is 24.3 Å². The molecule has 0 aliphatic heterocycles. The van der Waals surface area contributed by atoms with Crippen LogP contribution in [-0.2, 0) is 4.74 Å². The Bertz CT molecular complexity index is 543. The Balaban J connectivity index is 0.00000264. The van der Waals surface area contributed by atoms with E-state index in [1.165, 1.54) is 11.8 Å². The van der Waals surface area contributed by atoms with Crippen LogP contribution in [0.2, 0.25) is 5.02 Å². The molecule has 1 N–H and O–H groups in total. The SMILES string of the molecule is Cl.OC(COCCOc1ccc(Cl)cc1)CSc1ccccn1. The zero-order chi connectivity index (χ0) is 15.6. The van der Waals surface area contributed by atoms with Crippen LogP contribution in [0.4, 0.5) is 0 Å². The van der Waals surface area contributed by atoms with E-state index in [1.54, 1.807) is 30.5 Å². The molecule has 4 nitrogen and oxygen atoms in total. The Labute approximate surface area is 151 Å². The first-order chi connectivity index (χ1) is 10.7. The van der Waals surface area contributed by atoms with Crippen molar-refractivity contribution in [1.82, 2.24) is 4.98 Å². The van der Waals surface area contributed by atoms with Crippen molar-refractivity contribution in [2.75, 3.05) is 25.6 Å². The number of thioether (sulfide) groups is 1. The smallest absolute Gasteiger partial charge is 0.119 e. The van der Waals surface area contributed by atoms with Crippen molar-refractivity contribution in [2.45, 2.75) is 11.1 Å². The summed E-state index contributed by atoms with van der Waals surface area (Å²) in [5, 5.41) is 11.4. The van der Waals surface area contributed by atoms with Crippen LogP contribution in [0.15, 0.2) is 53.7 Å². The van der Waals surface area contributed by atoms with Gasteiger partial charge in [0.1, 0.15) is 12.4 Å². The molecule has 0 saturated carbocycles. The summed E-state index contributed by atoms with van der Waals surface area (Å²) in [7, 11) is 0. The van der Waals surface area contributed by atoms with Gasteiger partial charge in [-0.05, 0) is 36.4 Å². The maximum absolute atomic E-state index is 9.83. The lowest BCUT2D eigenvalue weighted by atomic mass is 10.3. The number of aromatic nitrogens is 1. The summed E-state index contributed by atoms with van der Waals surface area (Å²) in [5.41, 5.74) is 0. The monoisotopic (exact) mass is 375 g/mol. The predicted molar refractivity (Wildman–Crippen MR) is 96.0 cm³/mol. The molecule has 23 heavy (non-hydrogen) atoms. The van der Waals surface area contributed by atoms with Gasteiger partial charge in [0.2, 0.25) is 0 Å². The van der Waals surface area contributed by atoms with E-state index in [-0.39, 0.29) is 19.0 Å². The van der Waals surface area contributed by atoms with Crippen molar-refractivity contribution < 1.29 is 14.6 Å². The van der Waals surface area contributed by atoms with E-state index in [0.717, 1.165) is 10.8 Å². The lowest BCUT2D eigenvalue weighted by Gasteiger charge is -2.11. The quantitative estimate of drug-likeness (QED) is 0.534. The number of hydrogen-bond donors (Lipinski definition) is 1. The van der Waals surface area contributed by atoms with E-state index in [4.69, 9.17) is 21.1 Å². The molecule has 1 heterocycles. The number of rotatable bonds is 9. The van der Waals surface area contributed by atoms with E-state index in [9.17, 15) is 5.11 Å². The largest absolute Gasteiger partial charge is 0.491 e. The first-order valence-corrected chi connectivity index (χ1v) is 8.28. The molecule has 0 saturated heterocycles. The third-order valence-electron chi connectivity index (χ3n) is 2.68. The molecule has 0 amide bonds. The van der Waals surface area contributed by atoms with E-state index < -0.39 is 6.10 Å². The Kier molecular flexibility index (Phi) is 10.1. The van der Waals surface area contributed by atoms with E-state index in [0.29, 0.717) is 24.0 Å². The van der Waals surface area contributed by atoms with Gasteiger partial charge in [0.15, 0.2) is 0 Å². The zero-order valence-corrected chi connectivity index (χ0v) is 14.8. The highest BCUT2D eigenvalue weighted by Crippen LogP contribution is 2.16. The molecular formula is C16H19Cl2NO3S. The molecule has 0 aliphatic rings. The summed E-state index contributed by atoms with van der Waals surface area (Å²) in [6.07, 6.45) is 1.21. The fourth-order valence-electron chi connectivity index (χ4n) is 1.63. The molecule has 1 unspecified atom stereocenters. The van der Waals surface area contributed by atoms with Crippen molar-refractivity contribution in [3.05, 3.63) is 53.7 Å². The van der Waals surface area contributed by atoms with Crippen molar-refractivity contribution in [2.24, 2.45) is 0 Å². The number of nitrogens with zero attached hydrogens (tertiary/aromatic N) is 1. The van der Waals surface area contributed by atoms with Crippen LogP contribution in [0.25, 0.3) is 0 Å². The van der Waals surface area contributed by atoms with Gasteiger partial charge in [-0.3, -0.25) is 0 Å². The van der Waals surface area contributed by atoms with Crippen molar-refractivity contribution >= 4 is 35.8 Å². The molecule has 1 atom stereocenters. The molecule has 1 aromatic heterocycles. The molecular weight excluding hydrogens is 357 g/mol. The van der Waals surface area contributed by atoms with Gasteiger partial charge in [0, 0.05) is 17.0 Å². The molecule has 2 aromatic rings. The highest BCUT2D eigenvalue weighted by molar-refractivity contribution is 7.99. The second-order valence-electron chi connectivity index (χ2n) is 4.51. The average Bonchev–Trinajstić information content (AvgIpc) is 2.55. The summed E-state index contributed by atoms with van der Waals surface area (Å²) in [6, 6.07) is 12.9. The Hall–Kier alpha value is -0.980. The average molecular weight is 376 g/mol. The van der Waals surface area contributed by atoms with Gasteiger partial charge in [-0.1, -0.05) is 17.7 Å². The molecule has 2 rings (SSSR count). The van der Waals surface area contributed by atoms with Gasteiger partial charge < -0.3 is 14.6 Å². The lowest BCUT2D eigenvalue weighted by molar-refractivity contribution is 0.0348. The van der Waals surface area contributed by atoms with Gasteiger partial charge in [-0.25, -0.2) is 4.98 Å². The minimum atomic E-state index is -0.525. The molecule has 0 aliphatic carbocycles. The van der Waals surface area contributed by atoms with Crippen molar-refractivity contribution in [3.8, 4) is 5.75 Å². The molecule has 0 bridgehead atoms. The number of pyridine rings is 1. The fourth-order valence-corrected chi connectivity index (χ4v) is 2.53. The van der Waals surface area contributed by atoms with Crippen molar-refractivity contribution in [3.63, 3.8) is 0 Å². The molecule has 0 radical (unpaired) electrons. The van der Waals surface area contributed by atoms with Crippen LogP contribution in [0.3, 0.4) is 0 Å². The maximum Gasteiger partial charge on any atom is 0.119 e. The number of aliphatic hydroxyl groups is 1. The number of hydrogen-bond acceptors (Lipinski definition) is 5. The summed E-state index contributed by atoms with van der Waals surface area (Å²) in [5.74, 6) is 1.30. The first-order valence-electron chi connectivity index (χ1n) is 6.92. The van der Waals surface area contributed by atoms with Crippen LogP contribution < -0.4 is 4.74 Å². The van der Waals surface area contributed by atoms with Gasteiger partial charge >= 0.3 is 0 Å². The third kappa shape index (κ3) is 8.44. The predicted octanol–water partition coefficient (Wildman–Crippen LogP) is 3.71. The Morgan fingerprint density at radius 1 is 1.13 bits per heavy atom. The van der Waals surface area contributed by atoms with E-state index >= 15 is 0 Å². The molecule has 0 fully saturated rings. The zero-order valence-electron chi connectivity index (χ0n) is 12.4. The molecule has 126 valence electrons. The highest BCUT2D eigenvalue weighted by atomic mass is 35.5. The second-order valence-corrected chi connectivity index (χ2v) is 5.99. The van der Waals surface area contributed by atoms with E-state index in [1.807, 2.05) is 18.2 Å². The summed E-state index contributed by atoms with van der Waals surface area (Å²) >= 11 is 7.30. The Morgan fingerprint density at radius 3 is 2.61 bits per heavy atom. The number of halogens is 2. The van der Waals surface area contributed by atoms with Gasteiger partial charge in [-0.2, -0.15) is 0 Å². The normalized spacial score (nSPS) is 11.6. The number of ether oxygens (including phenoxy) is 2. The van der Waals surface area contributed by atoms with Crippen LogP contribution in [0.1, 0.15) is 0 Å². The summed E-state index contributed by atoms with van der Waals surface area (Å²) in [4.78, 5) is 4.18. The summed E-state index contributed by atoms with van der Waals surface area (Å²) in [6.45, 7) is 1.14. The lowest BCUT2D eigenvalue weighted by Crippen LogP contribution is -2.20. The molecule has 0 spiro atoms. The number of aliphatic hydroxyl groups excluding tert-OH is 1. The standard InChI is InChI=1S/C16H18ClNO3S.ClH/c17-13-4-6-15(7-5-13)21-10-9-20-11-14(19)12-22-16-3-1-2-8-18-16;/h1-8,14,19H,9-12H2;1H. The van der Waals surface area contributed by atoms with Crippen LogP contribution in [0.5, 0.6) is 5.75 Å². The van der Waals surface area contributed by atoms with Crippen LogP contribution >= 0.6 is 35.8 Å². The first kappa shape index (κ1) is 20.1. The minimum absolute atomic E-state index is 0. The summed E-state index contributed by atoms with van der Waals surface area (Å²) < 4.78 is 10.9. The van der Waals surface area contributed by atoms with Crippen LogP contribution in [0, 0.1) is 0 Å². The molecule has 7 heteroatoms. The van der Waals surface area contributed by atoms with Crippen LogP contribution in [-0.4, -0.2) is 41.8 Å². The fraction of sp³-hybridized carbons (Fsp3) is 0.312. The minimum Gasteiger partial charge on any atom is -0.491 e. The second kappa shape index (κ2) is 11.5. The Morgan fingerprint density at radius 2 is 1.91 bits per heavy atom. The molecule has 1 aromatic carbocycles. The topological polar surface area (TPSA) is 51.6 Å². The van der Waals surface area contributed by atoms with E-state index in [2.05, 4.69) is 4.98 Å². The van der Waals surface area contributed by atoms with Crippen molar-refractivity contribution in [1.29, 1.82) is 0 Å².